The average molecular weight is 119 g/mol. The predicted octanol–water partition coefficient (Wildman–Crippen LogP) is 1.09. The minimum Gasteiger partial charge on any atom is -0.327 e. The third-order valence-corrected chi connectivity index (χ3v) is 2.29. The first-order valence-corrected chi connectivity index (χ1v) is 3.75. The molecule has 2 heteroatoms. The number of thioether (sulfide) groups is 1. The van der Waals surface area contributed by atoms with Crippen LogP contribution >= 0.6 is 11.8 Å². The third-order valence-electron chi connectivity index (χ3n) is 1.11. The molecule has 0 bridgehead atoms. The maximum atomic E-state index is 5.53. The number of hydrogen-bond donors (Lipinski definition) is 1. The van der Waals surface area contributed by atoms with Crippen molar-refractivity contribution in [1.29, 1.82) is 0 Å². The van der Waals surface area contributed by atoms with Gasteiger partial charge in [0.05, 0.1) is 0 Å². The van der Waals surface area contributed by atoms with Crippen LogP contribution in [-0.4, -0.2) is 17.5 Å². The van der Waals surface area contributed by atoms with Gasteiger partial charge in [-0.05, 0) is 13.2 Å². The summed E-state index contributed by atoms with van der Waals surface area (Å²) in [5.74, 6) is 0. The molecule has 2 N–H and O–H groups in total. The van der Waals surface area contributed by atoms with Crippen LogP contribution in [0, 0.1) is 0 Å². The number of rotatable bonds is 2. The van der Waals surface area contributed by atoms with Gasteiger partial charge in [0, 0.05) is 11.3 Å². The van der Waals surface area contributed by atoms with E-state index in [0.29, 0.717) is 11.3 Å². The molecule has 7 heavy (non-hydrogen) atoms. The topological polar surface area (TPSA) is 26.0 Å². The first-order chi connectivity index (χ1) is 3.18. The lowest BCUT2D eigenvalue weighted by atomic mass is 10.3. The molecule has 0 aromatic heterocycles. The van der Waals surface area contributed by atoms with Crippen molar-refractivity contribution in [2.75, 3.05) is 6.26 Å². The molecule has 0 unspecified atom stereocenters. The zero-order valence-electron chi connectivity index (χ0n) is 5.14. The van der Waals surface area contributed by atoms with Crippen LogP contribution in [0.1, 0.15) is 13.8 Å². The molecule has 0 saturated heterocycles. The quantitative estimate of drug-likeness (QED) is 0.588. The normalized spacial score (nSPS) is 18.9. The van der Waals surface area contributed by atoms with Crippen molar-refractivity contribution >= 4 is 11.8 Å². The lowest BCUT2D eigenvalue weighted by Gasteiger charge is -2.10. The average Bonchev–Trinajstić information content (AvgIpc) is 1.65. The van der Waals surface area contributed by atoms with Crippen LogP contribution in [0.25, 0.3) is 0 Å². The summed E-state index contributed by atoms with van der Waals surface area (Å²) < 4.78 is 0. The molecule has 0 fully saturated rings. The van der Waals surface area contributed by atoms with E-state index in [1.54, 1.807) is 0 Å². The molecule has 0 heterocycles. The van der Waals surface area contributed by atoms with Crippen molar-refractivity contribution in [2.45, 2.75) is 25.1 Å². The molecule has 0 aliphatic rings. The van der Waals surface area contributed by atoms with Gasteiger partial charge in [0.25, 0.3) is 0 Å². The van der Waals surface area contributed by atoms with Gasteiger partial charge in [-0.1, -0.05) is 6.92 Å². The predicted molar refractivity (Wildman–Crippen MR) is 36.6 cm³/mol. The van der Waals surface area contributed by atoms with Crippen molar-refractivity contribution < 1.29 is 0 Å². The van der Waals surface area contributed by atoms with Gasteiger partial charge in [0.1, 0.15) is 0 Å². The van der Waals surface area contributed by atoms with Crippen LogP contribution in [0.4, 0.5) is 0 Å². The molecule has 0 aromatic carbocycles. The first kappa shape index (κ1) is 7.31. The maximum Gasteiger partial charge on any atom is 0.0165 e. The Balaban J connectivity index is 3.14. The Hall–Kier alpha value is 0.310. The second kappa shape index (κ2) is 3.33. The van der Waals surface area contributed by atoms with Gasteiger partial charge in [0.2, 0.25) is 0 Å². The fourth-order valence-corrected chi connectivity index (χ4v) is 0.644. The van der Waals surface area contributed by atoms with Crippen molar-refractivity contribution in [3.8, 4) is 0 Å². The van der Waals surface area contributed by atoms with E-state index in [-0.39, 0.29) is 0 Å². The minimum absolute atomic E-state index is 0.329. The third kappa shape index (κ3) is 2.94. The number of hydrogen-bond acceptors (Lipinski definition) is 2. The molecule has 0 aromatic rings. The Morgan fingerprint density at radius 1 is 1.43 bits per heavy atom. The Bertz CT molecular complexity index is 45.3. The SMILES string of the molecule is CS[C@@H](C)[C@H](C)N. The van der Waals surface area contributed by atoms with Crippen LogP contribution in [0.2, 0.25) is 0 Å². The summed E-state index contributed by atoms with van der Waals surface area (Å²) in [7, 11) is 0. The maximum absolute atomic E-state index is 5.53. The molecule has 2 atom stereocenters. The molecular formula is C5H13NS. The van der Waals surface area contributed by atoms with Gasteiger partial charge in [-0.2, -0.15) is 11.8 Å². The Morgan fingerprint density at radius 2 is 1.86 bits per heavy atom. The lowest BCUT2D eigenvalue weighted by Crippen LogP contribution is -2.25. The van der Waals surface area contributed by atoms with E-state index in [9.17, 15) is 0 Å². The first-order valence-electron chi connectivity index (χ1n) is 2.47. The van der Waals surface area contributed by atoms with E-state index in [0.717, 1.165) is 0 Å². The number of nitrogens with two attached hydrogens (primary N) is 1. The summed E-state index contributed by atoms with van der Waals surface area (Å²) >= 11 is 1.81. The molecule has 0 aliphatic heterocycles. The fourth-order valence-electron chi connectivity index (χ4n) is 0.215. The van der Waals surface area contributed by atoms with E-state index in [2.05, 4.69) is 13.2 Å². The molecule has 0 rings (SSSR count). The van der Waals surface area contributed by atoms with Crippen LogP contribution in [0.5, 0.6) is 0 Å². The summed E-state index contributed by atoms with van der Waals surface area (Å²) in [5, 5.41) is 0.597. The van der Waals surface area contributed by atoms with Crippen molar-refractivity contribution in [1.82, 2.24) is 0 Å². The fraction of sp³-hybridized carbons (Fsp3) is 1.00. The van der Waals surface area contributed by atoms with E-state index < -0.39 is 0 Å². The van der Waals surface area contributed by atoms with E-state index in [1.165, 1.54) is 0 Å². The lowest BCUT2D eigenvalue weighted by molar-refractivity contribution is 0.732. The zero-order valence-corrected chi connectivity index (χ0v) is 5.96. The molecular weight excluding hydrogens is 106 g/mol. The highest BCUT2D eigenvalue weighted by Crippen LogP contribution is 2.06. The van der Waals surface area contributed by atoms with Gasteiger partial charge in [-0.15, -0.1) is 0 Å². The highest BCUT2D eigenvalue weighted by Gasteiger charge is 2.02. The van der Waals surface area contributed by atoms with Crippen molar-refractivity contribution in [3.63, 3.8) is 0 Å². The second-order valence-electron chi connectivity index (χ2n) is 1.80. The summed E-state index contributed by atoms with van der Waals surface area (Å²) in [6.07, 6.45) is 2.08. The Labute approximate surface area is 49.7 Å². The highest BCUT2D eigenvalue weighted by atomic mass is 32.2. The molecule has 44 valence electrons. The summed E-state index contributed by atoms with van der Waals surface area (Å²) in [6, 6.07) is 0.329. The summed E-state index contributed by atoms with van der Waals surface area (Å²) in [6.45, 7) is 4.16. The second-order valence-corrected chi connectivity index (χ2v) is 3.01. The highest BCUT2D eigenvalue weighted by molar-refractivity contribution is 7.99. The van der Waals surface area contributed by atoms with Crippen LogP contribution in [0.15, 0.2) is 0 Å². The van der Waals surface area contributed by atoms with Gasteiger partial charge in [-0.25, -0.2) is 0 Å². The molecule has 1 nitrogen and oxygen atoms in total. The molecule has 0 radical (unpaired) electrons. The van der Waals surface area contributed by atoms with Crippen LogP contribution in [-0.2, 0) is 0 Å². The van der Waals surface area contributed by atoms with Crippen LogP contribution < -0.4 is 5.73 Å². The Morgan fingerprint density at radius 3 is 1.86 bits per heavy atom. The molecule has 0 amide bonds. The minimum atomic E-state index is 0.329. The van der Waals surface area contributed by atoms with Gasteiger partial charge < -0.3 is 5.73 Å². The van der Waals surface area contributed by atoms with Gasteiger partial charge >= 0.3 is 0 Å². The Kier molecular flexibility index (Phi) is 3.48. The zero-order chi connectivity index (χ0) is 5.86. The monoisotopic (exact) mass is 119 g/mol. The van der Waals surface area contributed by atoms with Crippen molar-refractivity contribution in [2.24, 2.45) is 5.73 Å². The molecule has 0 aliphatic carbocycles. The van der Waals surface area contributed by atoms with Crippen molar-refractivity contribution in [3.05, 3.63) is 0 Å². The summed E-state index contributed by atoms with van der Waals surface area (Å²) in [5.41, 5.74) is 5.53. The van der Waals surface area contributed by atoms with Gasteiger partial charge in [-0.3, -0.25) is 0 Å². The standard InChI is InChI=1S/C5H13NS/c1-4(6)5(2)7-3/h4-5H,6H2,1-3H3/t4-,5-/m0/s1. The van der Waals surface area contributed by atoms with Crippen LogP contribution in [0.3, 0.4) is 0 Å². The van der Waals surface area contributed by atoms with E-state index in [4.69, 9.17) is 5.73 Å². The van der Waals surface area contributed by atoms with Gasteiger partial charge in [0.15, 0.2) is 0 Å². The van der Waals surface area contributed by atoms with E-state index in [1.807, 2.05) is 18.7 Å². The smallest absolute Gasteiger partial charge is 0.0165 e. The van der Waals surface area contributed by atoms with E-state index >= 15 is 0 Å². The largest absolute Gasteiger partial charge is 0.327 e. The molecule has 0 spiro atoms. The summed E-state index contributed by atoms with van der Waals surface area (Å²) in [4.78, 5) is 0. The molecule has 0 saturated carbocycles.